The van der Waals surface area contributed by atoms with Gasteiger partial charge in [-0.3, -0.25) is 4.79 Å². The molecule has 2 aromatic rings. The molecule has 6 heteroatoms. The first kappa shape index (κ1) is 18.5. The third-order valence-corrected chi connectivity index (χ3v) is 4.94. The number of amides is 1. The van der Waals surface area contributed by atoms with Crippen molar-refractivity contribution in [2.75, 3.05) is 6.54 Å². The van der Waals surface area contributed by atoms with E-state index in [0.29, 0.717) is 36.3 Å². The summed E-state index contributed by atoms with van der Waals surface area (Å²) >= 11 is 5.87. The van der Waals surface area contributed by atoms with Crippen molar-refractivity contribution in [1.82, 2.24) is 5.32 Å². The van der Waals surface area contributed by atoms with Crippen LogP contribution in [-0.4, -0.2) is 34.4 Å². The average molecular weight is 376 g/mol. The highest BCUT2D eigenvalue weighted by Gasteiger charge is 2.34. The molecule has 0 spiro atoms. The van der Waals surface area contributed by atoms with Crippen molar-refractivity contribution in [3.8, 4) is 11.5 Å². The van der Waals surface area contributed by atoms with E-state index in [9.17, 15) is 15.0 Å². The predicted octanol–water partition coefficient (Wildman–Crippen LogP) is 3.53. The summed E-state index contributed by atoms with van der Waals surface area (Å²) in [4.78, 5) is 12.1. The lowest BCUT2D eigenvalue weighted by Gasteiger charge is -2.36. The summed E-state index contributed by atoms with van der Waals surface area (Å²) in [5.41, 5.74) is -0.474. The third kappa shape index (κ3) is 4.90. The Morgan fingerprint density at radius 3 is 2.35 bits per heavy atom. The van der Waals surface area contributed by atoms with Gasteiger partial charge in [0.15, 0.2) is 0 Å². The van der Waals surface area contributed by atoms with E-state index >= 15 is 0 Å². The van der Waals surface area contributed by atoms with Crippen molar-refractivity contribution in [2.24, 2.45) is 0 Å². The summed E-state index contributed by atoms with van der Waals surface area (Å²) in [6.45, 7) is 0.195. The third-order valence-electron chi connectivity index (χ3n) is 4.69. The van der Waals surface area contributed by atoms with Crippen LogP contribution in [-0.2, 0) is 0 Å². The van der Waals surface area contributed by atoms with Crippen molar-refractivity contribution in [3.05, 3.63) is 59.1 Å². The summed E-state index contributed by atoms with van der Waals surface area (Å²) < 4.78 is 5.93. The molecule has 0 aromatic heterocycles. The van der Waals surface area contributed by atoms with Crippen molar-refractivity contribution in [2.45, 2.75) is 37.4 Å². The van der Waals surface area contributed by atoms with Crippen molar-refractivity contribution in [3.63, 3.8) is 0 Å². The molecule has 1 aliphatic carbocycles. The van der Waals surface area contributed by atoms with E-state index in [1.807, 2.05) is 12.1 Å². The standard InChI is InChI=1S/C20H22ClNO4/c21-15-3-7-17(8-4-15)26-18-9-11-20(25,12-10-18)13-22-19(24)14-1-5-16(23)6-2-14/h1-8,18,23,25H,9-13H2,(H,22,24)/t18-,20+. The molecule has 2 aromatic carbocycles. The predicted molar refractivity (Wildman–Crippen MR) is 99.7 cm³/mol. The van der Waals surface area contributed by atoms with Crippen LogP contribution in [0, 0.1) is 0 Å². The number of hydrogen-bond donors (Lipinski definition) is 3. The Morgan fingerprint density at radius 2 is 1.73 bits per heavy atom. The van der Waals surface area contributed by atoms with Gasteiger partial charge in [-0.25, -0.2) is 0 Å². The maximum atomic E-state index is 12.1. The van der Waals surface area contributed by atoms with Gasteiger partial charge in [-0.15, -0.1) is 0 Å². The van der Waals surface area contributed by atoms with E-state index < -0.39 is 5.60 Å². The first-order valence-corrected chi connectivity index (χ1v) is 9.03. The molecule has 0 heterocycles. The van der Waals surface area contributed by atoms with Gasteiger partial charge in [0.25, 0.3) is 5.91 Å². The normalized spacial score (nSPS) is 22.6. The molecule has 26 heavy (non-hydrogen) atoms. The molecule has 1 fully saturated rings. The zero-order valence-electron chi connectivity index (χ0n) is 14.3. The van der Waals surface area contributed by atoms with Crippen molar-refractivity contribution in [1.29, 1.82) is 0 Å². The van der Waals surface area contributed by atoms with Gasteiger partial charge in [0.05, 0.1) is 11.7 Å². The minimum absolute atomic E-state index is 0.0456. The topological polar surface area (TPSA) is 78.8 Å². The van der Waals surface area contributed by atoms with E-state index in [2.05, 4.69) is 5.32 Å². The minimum Gasteiger partial charge on any atom is -0.508 e. The summed E-state index contributed by atoms with van der Waals surface area (Å²) in [6.07, 6.45) is 2.59. The quantitative estimate of drug-likeness (QED) is 0.747. The van der Waals surface area contributed by atoms with E-state index in [4.69, 9.17) is 16.3 Å². The van der Waals surface area contributed by atoms with Crippen LogP contribution in [0.25, 0.3) is 0 Å². The zero-order valence-corrected chi connectivity index (χ0v) is 15.1. The molecule has 0 atom stereocenters. The second kappa shape index (κ2) is 7.98. The van der Waals surface area contributed by atoms with Gasteiger partial charge in [-0.2, -0.15) is 0 Å². The van der Waals surface area contributed by atoms with E-state index in [-0.39, 0.29) is 24.3 Å². The van der Waals surface area contributed by atoms with Gasteiger partial charge in [0.1, 0.15) is 11.5 Å². The van der Waals surface area contributed by atoms with Gasteiger partial charge in [-0.1, -0.05) is 11.6 Å². The Hall–Kier alpha value is -2.24. The summed E-state index contributed by atoms with van der Waals surface area (Å²) in [6, 6.07) is 13.3. The Labute approximate surface area is 157 Å². The second-order valence-corrected chi connectivity index (χ2v) is 7.16. The molecular weight excluding hydrogens is 354 g/mol. The van der Waals surface area contributed by atoms with Gasteiger partial charge in [0, 0.05) is 17.1 Å². The number of aliphatic hydroxyl groups is 1. The molecule has 0 bridgehead atoms. The van der Waals surface area contributed by atoms with Crippen LogP contribution in [0.4, 0.5) is 0 Å². The zero-order chi connectivity index (χ0) is 18.6. The van der Waals surface area contributed by atoms with Crippen LogP contribution in [0.2, 0.25) is 5.02 Å². The van der Waals surface area contributed by atoms with E-state index in [0.717, 1.165) is 5.75 Å². The maximum Gasteiger partial charge on any atom is 0.251 e. The molecular formula is C20H22ClNO4. The lowest BCUT2D eigenvalue weighted by atomic mass is 9.83. The number of carbonyl (C=O) groups is 1. The van der Waals surface area contributed by atoms with Crippen LogP contribution >= 0.6 is 11.6 Å². The van der Waals surface area contributed by atoms with Crippen LogP contribution in [0.3, 0.4) is 0 Å². The first-order chi connectivity index (χ1) is 12.4. The largest absolute Gasteiger partial charge is 0.508 e. The molecule has 1 saturated carbocycles. The number of phenolic OH excluding ortho intramolecular Hbond substituents is 1. The summed E-state index contributed by atoms with van der Waals surface area (Å²) in [7, 11) is 0. The van der Waals surface area contributed by atoms with Crippen LogP contribution in [0.5, 0.6) is 11.5 Å². The van der Waals surface area contributed by atoms with Crippen LogP contribution in [0.15, 0.2) is 48.5 Å². The van der Waals surface area contributed by atoms with E-state index in [1.165, 1.54) is 12.1 Å². The fraction of sp³-hybridized carbons (Fsp3) is 0.350. The Morgan fingerprint density at radius 1 is 1.12 bits per heavy atom. The van der Waals surface area contributed by atoms with Crippen molar-refractivity contribution < 1.29 is 19.7 Å². The fourth-order valence-corrected chi connectivity index (χ4v) is 3.21. The second-order valence-electron chi connectivity index (χ2n) is 6.73. The Bertz CT molecular complexity index is 737. The van der Waals surface area contributed by atoms with Gasteiger partial charge in [-0.05, 0) is 74.2 Å². The minimum atomic E-state index is -0.924. The SMILES string of the molecule is O=C(NC[C@]1(O)CC[C@@H](Oc2ccc(Cl)cc2)CC1)c1ccc(O)cc1. The summed E-state index contributed by atoms with van der Waals surface area (Å²) in [5.74, 6) is 0.614. The average Bonchev–Trinajstić information content (AvgIpc) is 2.64. The molecule has 3 rings (SSSR count). The lowest BCUT2D eigenvalue weighted by Crippen LogP contribution is -2.46. The lowest BCUT2D eigenvalue weighted by molar-refractivity contribution is -0.0234. The highest BCUT2D eigenvalue weighted by molar-refractivity contribution is 6.30. The van der Waals surface area contributed by atoms with Crippen LogP contribution in [0.1, 0.15) is 36.0 Å². The Kier molecular flexibility index (Phi) is 5.69. The number of halogens is 1. The first-order valence-electron chi connectivity index (χ1n) is 8.65. The number of aromatic hydroxyl groups is 1. The van der Waals surface area contributed by atoms with E-state index in [1.54, 1.807) is 24.3 Å². The molecule has 3 N–H and O–H groups in total. The molecule has 0 radical (unpaired) electrons. The highest BCUT2D eigenvalue weighted by atomic mass is 35.5. The molecule has 0 saturated heterocycles. The highest BCUT2D eigenvalue weighted by Crippen LogP contribution is 2.31. The summed E-state index contributed by atoms with van der Waals surface area (Å²) in [5, 5.41) is 23.4. The number of phenols is 1. The van der Waals surface area contributed by atoms with Crippen molar-refractivity contribution >= 4 is 17.5 Å². The number of nitrogens with one attached hydrogen (secondary N) is 1. The molecule has 138 valence electrons. The Balaban J connectivity index is 1.47. The number of hydrogen-bond acceptors (Lipinski definition) is 4. The molecule has 1 aliphatic rings. The van der Waals surface area contributed by atoms with Gasteiger partial charge >= 0.3 is 0 Å². The molecule has 0 aliphatic heterocycles. The number of rotatable bonds is 5. The molecule has 0 unspecified atom stereocenters. The number of benzene rings is 2. The monoisotopic (exact) mass is 375 g/mol. The van der Waals surface area contributed by atoms with Gasteiger partial charge < -0.3 is 20.3 Å². The number of ether oxygens (including phenoxy) is 1. The molecule has 1 amide bonds. The fourth-order valence-electron chi connectivity index (χ4n) is 3.09. The maximum absolute atomic E-state index is 12.1. The van der Waals surface area contributed by atoms with Gasteiger partial charge in [0.2, 0.25) is 0 Å². The smallest absolute Gasteiger partial charge is 0.251 e. The van der Waals surface area contributed by atoms with Crippen LogP contribution < -0.4 is 10.1 Å². The molecule has 5 nitrogen and oxygen atoms in total. The number of carbonyl (C=O) groups excluding carboxylic acids is 1.